The number of nitriles is 1. The van der Waals surface area contributed by atoms with Gasteiger partial charge in [-0.15, -0.1) is 0 Å². The first-order chi connectivity index (χ1) is 9.10. The molecule has 2 aromatic carbocycles. The molecule has 0 aliphatic rings. The van der Waals surface area contributed by atoms with Crippen LogP contribution in [0.2, 0.25) is 0 Å². The van der Waals surface area contributed by atoms with Crippen LogP contribution in [0.1, 0.15) is 11.1 Å². The highest BCUT2D eigenvalue weighted by Gasteiger charge is 2.05. The molecule has 0 aromatic heterocycles. The van der Waals surface area contributed by atoms with Crippen LogP contribution < -0.4 is 10.5 Å². The maximum atomic E-state index is 13.2. The summed E-state index contributed by atoms with van der Waals surface area (Å²) in [7, 11) is 0. The van der Waals surface area contributed by atoms with Crippen molar-refractivity contribution in [2.75, 3.05) is 5.73 Å². The molecular formula is C14H10BrFN2O. The van der Waals surface area contributed by atoms with Gasteiger partial charge < -0.3 is 10.5 Å². The average Bonchev–Trinajstić information content (AvgIpc) is 2.39. The number of halogens is 2. The molecule has 2 aromatic rings. The molecule has 0 radical (unpaired) electrons. The van der Waals surface area contributed by atoms with Crippen molar-refractivity contribution in [2.45, 2.75) is 6.61 Å². The van der Waals surface area contributed by atoms with Crippen molar-refractivity contribution in [2.24, 2.45) is 0 Å². The predicted octanol–water partition coefficient (Wildman–Crippen LogP) is 3.62. The maximum Gasteiger partial charge on any atom is 0.142 e. The van der Waals surface area contributed by atoms with Crippen molar-refractivity contribution in [3.8, 4) is 11.8 Å². The van der Waals surface area contributed by atoms with Gasteiger partial charge in [-0.05, 0) is 35.9 Å². The quantitative estimate of drug-likeness (QED) is 0.879. The normalized spacial score (nSPS) is 9.95. The summed E-state index contributed by atoms with van der Waals surface area (Å²) in [4.78, 5) is 0. The van der Waals surface area contributed by atoms with Crippen molar-refractivity contribution >= 4 is 21.6 Å². The molecule has 0 aliphatic carbocycles. The fourth-order valence-corrected chi connectivity index (χ4v) is 1.94. The molecular weight excluding hydrogens is 311 g/mol. The van der Waals surface area contributed by atoms with E-state index in [0.717, 1.165) is 4.47 Å². The Morgan fingerprint density at radius 3 is 2.74 bits per heavy atom. The van der Waals surface area contributed by atoms with Crippen LogP contribution in [0.15, 0.2) is 40.9 Å². The average molecular weight is 321 g/mol. The van der Waals surface area contributed by atoms with Crippen molar-refractivity contribution in [3.05, 3.63) is 57.8 Å². The molecule has 96 valence electrons. The minimum atomic E-state index is -0.533. The van der Waals surface area contributed by atoms with Gasteiger partial charge in [0.05, 0.1) is 11.3 Å². The van der Waals surface area contributed by atoms with Crippen LogP contribution in [0.5, 0.6) is 5.75 Å². The Kier molecular flexibility index (Phi) is 4.03. The molecule has 0 heterocycles. The highest BCUT2D eigenvalue weighted by atomic mass is 79.9. The second-order valence-corrected chi connectivity index (χ2v) is 4.81. The van der Waals surface area contributed by atoms with E-state index in [4.69, 9.17) is 15.7 Å². The lowest BCUT2D eigenvalue weighted by Gasteiger charge is -2.09. The predicted molar refractivity (Wildman–Crippen MR) is 74.0 cm³/mol. The third-order valence-electron chi connectivity index (χ3n) is 2.52. The third kappa shape index (κ3) is 3.24. The Labute approximate surface area is 118 Å². The number of benzene rings is 2. The van der Waals surface area contributed by atoms with Gasteiger partial charge in [-0.3, -0.25) is 0 Å². The zero-order valence-electron chi connectivity index (χ0n) is 9.86. The van der Waals surface area contributed by atoms with Gasteiger partial charge in [0.2, 0.25) is 0 Å². The molecule has 3 nitrogen and oxygen atoms in total. The minimum absolute atomic E-state index is 0.00452. The van der Waals surface area contributed by atoms with Crippen molar-refractivity contribution < 1.29 is 9.13 Å². The SMILES string of the molecule is N#Cc1cc(COc2ccc(Br)cc2N)ccc1F. The van der Waals surface area contributed by atoms with Crippen LogP contribution in [-0.2, 0) is 6.61 Å². The fourth-order valence-electron chi connectivity index (χ4n) is 1.56. The number of nitrogens with two attached hydrogens (primary N) is 1. The van der Waals surface area contributed by atoms with Gasteiger partial charge >= 0.3 is 0 Å². The molecule has 2 N–H and O–H groups in total. The van der Waals surface area contributed by atoms with Gasteiger partial charge in [-0.25, -0.2) is 4.39 Å². The van der Waals surface area contributed by atoms with E-state index >= 15 is 0 Å². The molecule has 0 saturated carbocycles. The molecule has 5 heteroatoms. The molecule has 19 heavy (non-hydrogen) atoms. The number of nitrogens with zero attached hydrogens (tertiary/aromatic N) is 1. The topological polar surface area (TPSA) is 59.0 Å². The Hall–Kier alpha value is -2.06. The van der Waals surface area contributed by atoms with E-state index in [1.54, 1.807) is 24.3 Å². The third-order valence-corrected chi connectivity index (χ3v) is 3.01. The molecule has 2 rings (SSSR count). The summed E-state index contributed by atoms with van der Waals surface area (Å²) in [5, 5.41) is 8.75. The number of ether oxygens (including phenoxy) is 1. The van der Waals surface area contributed by atoms with E-state index in [9.17, 15) is 4.39 Å². The molecule has 0 spiro atoms. The summed E-state index contributed by atoms with van der Waals surface area (Å²) in [5.41, 5.74) is 7.02. The summed E-state index contributed by atoms with van der Waals surface area (Å²) in [6.45, 7) is 0.223. The van der Waals surface area contributed by atoms with Gasteiger partial charge in [0.1, 0.15) is 24.2 Å². The van der Waals surface area contributed by atoms with Gasteiger partial charge in [0.25, 0.3) is 0 Å². The molecule has 0 amide bonds. The molecule has 0 bridgehead atoms. The molecule has 0 saturated heterocycles. The summed E-state index contributed by atoms with van der Waals surface area (Å²) in [6, 6.07) is 11.4. The second-order valence-electron chi connectivity index (χ2n) is 3.90. The van der Waals surface area contributed by atoms with Crippen LogP contribution in [0.25, 0.3) is 0 Å². The van der Waals surface area contributed by atoms with E-state index in [0.29, 0.717) is 17.0 Å². The zero-order chi connectivity index (χ0) is 13.8. The van der Waals surface area contributed by atoms with Gasteiger partial charge in [-0.1, -0.05) is 22.0 Å². The van der Waals surface area contributed by atoms with Gasteiger partial charge in [0, 0.05) is 4.47 Å². The van der Waals surface area contributed by atoms with E-state index in [1.165, 1.54) is 12.1 Å². The van der Waals surface area contributed by atoms with Crippen molar-refractivity contribution in [3.63, 3.8) is 0 Å². The summed E-state index contributed by atoms with van der Waals surface area (Å²) in [5.74, 6) is 0.0143. The van der Waals surface area contributed by atoms with Gasteiger partial charge in [-0.2, -0.15) is 5.26 Å². The molecule has 0 fully saturated rings. The summed E-state index contributed by atoms with van der Waals surface area (Å²) in [6.07, 6.45) is 0. The molecule has 0 aliphatic heterocycles. The highest BCUT2D eigenvalue weighted by Crippen LogP contribution is 2.26. The maximum absolute atomic E-state index is 13.2. The standard InChI is InChI=1S/C14H10BrFN2O/c15-11-2-4-14(13(18)6-11)19-8-9-1-3-12(16)10(5-9)7-17/h1-6H,8,18H2. The first-order valence-electron chi connectivity index (χ1n) is 5.46. The number of nitrogen functional groups attached to an aromatic ring is 1. The van der Waals surface area contributed by atoms with Crippen LogP contribution in [0, 0.1) is 17.1 Å². The zero-order valence-corrected chi connectivity index (χ0v) is 11.4. The Bertz CT molecular complexity index is 652. The number of hydrogen-bond donors (Lipinski definition) is 1. The summed E-state index contributed by atoms with van der Waals surface area (Å²) < 4.78 is 19.6. The van der Waals surface area contributed by atoms with Crippen LogP contribution in [0.3, 0.4) is 0 Å². The van der Waals surface area contributed by atoms with Crippen LogP contribution in [-0.4, -0.2) is 0 Å². The molecule has 0 unspecified atom stereocenters. The Balaban J connectivity index is 2.13. The van der Waals surface area contributed by atoms with Gasteiger partial charge in [0.15, 0.2) is 0 Å². The highest BCUT2D eigenvalue weighted by molar-refractivity contribution is 9.10. The van der Waals surface area contributed by atoms with E-state index < -0.39 is 5.82 Å². The van der Waals surface area contributed by atoms with Crippen LogP contribution >= 0.6 is 15.9 Å². The second kappa shape index (κ2) is 5.72. The number of anilines is 1. The lowest BCUT2D eigenvalue weighted by Crippen LogP contribution is -1.99. The van der Waals surface area contributed by atoms with E-state index in [2.05, 4.69) is 15.9 Å². The van der Waals surface area contributed by atoms with Crippen LogP contribution in [0.4, 0.5) is 10.1 Å². The fraction of sp³-hybridized carbons (Fsp3) is 0.0714. The first-order valence-corrected chi connectivity index (χ1v) is 6.26. The largest absolute Gasteiger partial charge is 0.487 e. The number of rotatable bonds is 3. The first kappa shape index (κ1) is 13.4. The Morgan fingerprint density at radius 2 is 2.05 bits per heavy atom. The minimum Gasteiger partial charge on any atom is -0.487 e. The van der Waals surface area contributed by atoms with E-state index in [1.807, 2.05) is 6.07 Å². The monoisotopic (exact) mass is 320 g/mol. The lowest BCUT2D eigenvalue weighted by atomic mass is 10.1. The van der Waals surface area contributed by atoms with E-state index in [-0.39, 0.29) is 12.2 Å². The Morgan fingerprint density at radius 1 is 1.26 bits per heavy atom. The number of hydrogen-bond acceptors (Lipinski definition) is 3. The molecule has 0 atom stereocenters. The van der Waals surface area contributed by atoms with Crippen molar-refractivity contribution in [1.82, 2.24) is 0 Å². The lowest BCUT2D eigenvalue weighted by molar-refractivity contribution is 0.307. The smallest absolute Gasteiger partial charge is 0.142 e. The van der Waals surface area contributed by atoms with Crippen molar-refractivity contribution in [1.29, 1.82) is 5.26 Å². The summed E-state index contributed by atoms with van der Waals surface area (Å²) >= 11 is 3.31.